The summed E-state index contributed by atoms with van der Waals surface area (Å²) in [7, 11) is 0. The molecule has 4 aromatic rings. The molecular weight excluding hydrogens is 466 g/mol. The third-order valence-electron chi connectivity index (χ3n) is 7.40. The molecule has 0 unspecified atom stereocenters. The van der Waals surface area contributed by atoms with Gasteiger partial charge in [0.15, 0.2) is 0 Å². The van der Waals surface area contributed by atoms with E-state index in [4.69, 9.17) is 11.6 Å². The molecule has 36 heavy (non-hydrogen) atoms. The highest BCUT2D eigenvalue weighted by Crippen LogP contribution is 2.34. The van der Waals surface area contributed by atoms with Crippen molar-refractivity contribution in [1.82, 2.24) is 14.4 Å². The fraction of sp³-hybridized carbons (Fsp3) is 0.355. The monoisotopic (exact) mass is 501 g/mol. The lowest BCUT2D eigenvalue weighted by molar-refractivity contribution is 0.122. The van der Waals surface area contributed by atoms with Gasteiger partial charge in [0.1, 0.15) is 0 Å². The molecule has 1 fully saturated rings. The van der Waals surface area contributed by atoms with Crippen molar-refractivity contribution in [3.8, 4) is 11.1 Å². The molecule has 5 rings (SSSR count). The molecule has 1 aliphatic heterocycles. The van der Waals surface area contributed by atoms with Crippen molar-refractivity contribution in [2.75, 3.05) is 26.2 Å². The van der Waals surface area contributed by atoms with E-state index >= 15 is 0 Å². The van der Waals surface area contributed by atoms with Gasteiger partial charge in [0.2, 0.25) is 0 Å². The Hall–Kier alpha value is -2.63. The summed E-state index contributed by atoms with van der Waals surface area (Å²) in [5.74, 6) is 0. The van der Waals surface area contributed by atoms with Crippen LogP contribution in [-0.4, -0.2) is 45.7 Å². The number of aromatic nitrogens is 1. The molecule has 2 heterocycles. The van der Waals surface area contributed by atoms with Crippen LogP contribution in [0.15, 0.2) is 72.9 Å². The van der Waals surface area contributed by atoms with Crippen molar-refractivity contribution in [3.05, 3.63) is 94.6 Å². The van der Waals surface area contributed by atoms with Gasteiger partial charge in [-0.15, -0.1) is 0 Å². The van der Waals surface area contributed by atoms with E-state index in [2.05, 4.69) is 70.0 Å². The quantitative estimate of drug-likeness (QED) is 0.281. The number of nitrogens with zero attached hydrogens (tertiary/aromatic N) is 3. The lowest BCUT2D eigenvalue weighted by atomic mass is 9.98. The molecule has 1 saturated heterocycles. The lowest BCUT2D eigenvalue weighted by Gasteiger charge is -2.35. The molecule has 5 heteroatoms. The molecule has 0 spiro atoms. The average molecular weight is 502 g/mol. The highest BCUT2D eigenvalue weighted by Gasteiger charge is 2.19. The summed E-state index contributed by atoms with van der Waals surface area (Å²) in [5, 5.41) is 12.1. The molecule has 188 valence electrons. The van der Waals surface area contributed by atoms with Crippen molar-refractivity contribution in [2.45, 2.75) is 46.0 Å². The maximum atomic E-state index is 9.98. The normalized spacial score (nSPS) is 15.1. The number of hydrogen-bond acceptors (Lipinski definition) is 3. The summed E-state index contributed by atoms with van der Waals surface area (Å²) in [5.41, 5.74) is 7.16. The van der Waals surface area contributed by atoms with Crippen LogP contribution in [0, 0.1) is 0 Å². The van der Waals surface area contributed by atoms with Crippen LogP contribution in [-0.2, 0) is 26.2 Å². The molecule has 4 nitrogen and oxygen atoms in total. The molecule has 1 aliphatic rings. The summed E-state index contributed by atoms with van der Waals surface area (Å²) in [6.07, 6.45) is 4.61. The first-order valence-electron chi connectivity index (χ1n) is 13.1. The van der Waals surface area contributed by atoms with Crippen LogP contribution in [0.3, 0.4) is 0 Å². The van der Waals surface area contributed by atoms with Crippen LogP contribution in [0.1, 0.15) is 36.5 Å². The average Bonchev–Trinajstić information content (AvgIpc) is 3.27. The van der Waals surface area contributed by atoms with Crippen LogP contribution in [0.5, 0.6) is 0 Å². The number of aliphatic hydroxyl groups excluding tert-OH is 1. The van der Waals surface area contributed by atoms with Gasteiger partial charge in [-0.2, -0.15) is 0 Å². The predicted octanol–water partition coefficient (Wildman–Crippen LogP) is 6.57. The minimum absolute atomic E-state index is 0.0516. The van der Waals surface area contributed by atoms with Gasteiger partial charge in [0.25, 0.3) is 0 Å². The molecule has 0 radical (unpaired) electrons. The van der Waals surface area contributed by atoms with Crippen molar-refractivity contribution in [1.29, 1.82) is 0 Å². The third-order valence-corrected chi connectivity index (χ3v) is 7.77. The fourth-order valence-corrected chi connectivity index (χ4v) is 5.52. The maximum absolute atomic E-state index is 9.98. The van der Waals surface area contributed by atoms with Crippen LogP contribution in [0.2, 0.25) is 5.02 Å². The Morgan fingerprint density at radius 1 is 0.806 bits per heavy atom. The van der Waals surface area contributed by atoms with E-state index < -0.39 is 0 Å². The highest BCUT2D eigenvalue weighted by atomic mass is 35.5. The third kappa shape index (κ3) is 5.52. The standard InChI is InChI=1S/C31H36ClN3O/c1-2-3-14-35-22-29(27-10-6-4-9-26(27)23-36)28-19-24(12-13-31(28)35)20-33-15-17-34(18-16-33)21-25-8-5-7-11-30(25)32/h4-13,19,22,36H,2-3,14-18,20-21,23H2,1H3. The molecule has 3 aromatic carbocycles. The van der Waals surface area contributed by atoms with Crippen LogP contribution >= 0.6 is 11.6 Å². The molecule has 0 bridgehead atoms. The van der Waals surface area contributed by atoms with Gasteiger partial charge in [0, 0.05) is 73.5 Å². The Bertz CT molecular complexity index is 1310. The zero-order chi connectivity index (χ0) is 24.9. The van der Waals surface area contributed by atoms with Crippen molar-refractivity contribution < 1.29 is 5.11 Å². The van der Waals surface area contributed by atoms with E-state index in [1.807, 2.05) is 24.3 Å². The first-order chi connectivity index (χ1) is 17.7. The molecule has 0 amide bonds. The van der Waals surface area contributed by atoms with Gasteiger partial charge in [-0.05, 0) is 46.9 Å². The molecule has 0 saturated carbocycles. The Morgan fingerprint density at radius 2 is 1.50 bits per heavy atom. The Kier molecular flexibility index (Phi) is 8.08. The maximum Gasteiger partial charge on any atom is 0.0687 e. The summed E-state index contributed by atoms with van der Waals surface area (Å²) in [6, 6.07) is 23.3. The van der Waals surface area contributed by atoms with Gasteiger partial charge in [-0.3, -0.25) is 9.80 Å². The predicted molar refractivity (Wildman–Crippen MR) is 150 cm³/mol. The molecular formula is C31H36ClN3O. The van der Waals surface area contributed by atoms with E-state index in [0.717, 1.165) is 68.4 Å². The number of halogens is 1. The second-order valence-electron chi connectivity index (χ2n) is 9.90. The lowest BCUT2D eigenvalue weighted by Crippen LogP contribution is -2.45. The largest absolute Gasteiger partial charge is 0.392 e. The number of piperazine rings is 1. The van der Waals surface area contributed by atoms with E-state index in [1.165, 1.54) is 34.0 Å². The van der Waals surface area contributed by atoms with Gasteiger partial charge in [0.05, 0.1) is 6.61 Å². The molecule has 0 aliphatic carbocycles. The summed E-state index contributed by atoms with van der Waals surface area (Å²) < 4.78 is 2.39. The number of aryl methyl sites for hydroxylation is 1. The fourth-order valence-electron chi connectivity index (χ4n) is 5.32. The second kappa shape index (κ2) is 11.6. The molecule has 1 N–H and O–H groups in total. The second-order valence-corrected chi connectivity index (χ2v) is 10.3. The minimum Gasteiger partial charge on any atom is -0.392 e. The van der Waals surface area contributed by atoms with Crippen LogP contribution in [0.25, 0.3) is 22.0 Å². The SMILES string of the molecule is CCCCn1cc(-c2ccccc2CO)c2cc(CN3CCN(Cc4ccccc4Cl)CC3)ccc21. The Morgan fingerprint density at radius 3 is 2.22 bits per heavy atom. The molecule has 0 atom stereocenters. The zero-order valence-electron chi connectivity index (χ0n) is 21.2. The number of rotatable bonds is 9. The Balaban J connectivity index is 1.34. The number of hydrogen-bond donors (Lipinski definition) is 1. The van der Waals surface area contributed by atoms with Crippen LogP contribution < -0.4 is 0 Å². The number of aliphatic hydroxyl groups is 1. The van der Waals surface area contributed by atoms with E-state index in [-0.39, 0.29) is 6.61 Å². The number of unbranched alkanes of at least 4 members (excludes halogenated alkanes) is 1. The van der Waals surface area contributed by atoms with E-state index in [0.29, 0.717) is 0 Å². The van der Waals surface area contributed by atoms with Crippen LogP contribution in [0.4, 0.5) is 0 Å². The van der Waals surface area contributed by atoms with Crippen molar-refractivity contribution in [3.63, 3.8) is 0 Å². The summed E-state index contributed by atoms with van der Waals surface area (Å²) in [4.78, 5) is 5.05. The number of fused-ring (bicyclic) bond motifs is 1. The first kappa shape index (κ1) is 25.0. The van der Waals surface area contributed by atoms with Gasteiger partial charge >= 0.3 is 0 Å². The summed E-state index contributed by atoms with van der Waals surface area (Å²) in [6.45, 7) is 9.39. The molecule has 1 aromatic heterocycles. The van der Waals surface area contributed by atoms with Gasteiger partial charge in [-0.25, -0.2) is 0 Å². The summed E-state index contributed by atoms with van der Waals surface area (Å²) >= 11 is 6.38. The van der Waals surface area contributed by atoms with Gasteiger partial charge in [-0.1, -0.05) is 73.5 Å². The highest BCUT2D eigenvalue weighted by molar-refractivity contribution is 6.31. The first-order valence-corrected chi connectivity index (χ1v) is 13.5. The number of benzene rings is 3. The van der Waals surface area contributed by atoms with Crippen molar-refractivity contribution in [2.24, 2.45) is 0 Å². The van der Waals surface area contributed by atoms with Gasteiger partial charge < -0.3 is 9.67 Å². The van der Waals surface area contributed by atoms with E-state index in [1.54, 1.807) is 0 Å². The zero-order valence-corrected chi connectivity index (χ0v) is 21.9. The Labute approximate surface area is 219 Å². The smallest absolute Gasteiger partial charge is 0.0687 e. The van der Waals surface area contributed by atoms with Crippen molar-refractivity contribution >= 4 is 22.5 Å². The van der Waals surface area contributed by atoms with E-state index in [9.17, 15) is 5.11 Å². The minimum atomic E-state index is 0.0516. The topological polar surface area (TPSA) is 31.6 Å².